The van der Waals surface area contributed by atoms with Crippen LogP contribution in [0.15, 0.2) is 0 Å². The van der Waals surface area contributed by atoms with E-state index in [9.17, 15) is 0 Å². The van der Waals surface area contributed by atoms with Crippen molar-refractivity contribution in [1.82, 2.24) is 0 Å². The lowest BCUT2D eigenvalue weighted by Gasteiger charge is -2.22. The van der Waals surface area contributed by atoms with Crippen molar-refractivity contribution in [3.8, 4) is 12.3 Å². The van der Waals surface area contributed by atoms with Crippen LogP contribution in [0.5, 0.6) is 0 Å². The van der Waals surface area contributed by atoms with Crippen LogP contribution in [0.25, 0.3) is 0 Å². The van der Waals surface area contributed by atoms with Crippen LogP contribution in [0.3, 0.4) is 0 Å². The molecule has 0 nitrogen and oxygen atoms in total. The van der Waals surface area contributed by atoms with Gasteiger partial charge in [0.2, 0.25) is 0 Å². The summed E-state index contributed by atoms with van der Waals surface area (Å²) in [6.07, 6.45) is 8.57. The summed E-state index contributed by atoms with van der Waals surface area (Å²) >= 11 is 0. The molecule has 0 bridgehead atoms. The Morgan fingerprint density at radius 2 is 1.91 bits per heavy atom. The van der Waals surface area contributed by atoms with Gasteiger partial charge in [0.1, 0.15) is 0 Å². The van der Waals surface area contributed by atoms with Crippen LogP contribution in [-0.2, 0) is 0 Å². The normalized spacial score (nSPS) is 14.1. The van der Waals surface area contributed by atoms with Gasteiger partial charge in [-0.15, -0.1) is 12.3 Å². The zero-order chi connectivity index (χ0) is 8.91. The molecular formula is C11H20. The molecule has 0 aromatic heterocycles. The third-order valence-electron chi connectivity index (χ3n) is 1.74. The van der Waals surface area contributed by atoms with Gasteiger partial charge in [-0.1, -0.05) is 27.7 Å². The Morgan fingerprint density at radius 3 is 2.27 bits per heavy atom. The second-order valence-electron chi connectivity index (χ2n) is 4.61. The van der Waals surface area contributed by atoms with Crippen molar-refractivity contribution in [2.75, 3.05) is 0 Å². The van der Waals surface area contributed by atoms with Crippen molar-refractivity contribution < 1.29 is 0 Å². The topological polar surface area (TPSA) is 0 Å². The van der Waals surface area contributed by atoms with E-state index in [-0.39, 0.29) is 0 Å². The standard InChI is InChI=1S/C11H20/c1-6-7-8-10(2)9-11(3,4)5/h1,10H,7-9H2,2-5H3. The summed E-state index contributed by atoms with van der Waals surface area (Å²) in [6.45, 7) is 9.11. The number of terminal acetylenes is 1. The molecule has 64 valence electrons. The average Bonchev–Trinajstić information content (AvgIpc) is 1.79. The van der Waals surface area contributed by atoms with E-state index < -0.39 is 0 Å². The molecule has 0 N–H and O–H groups in total. The maximum absolute atomic E-state index is 5.19. The molecule has 0 aliphatic carbocycles. The van der Waals surface area contributed by atoms with Crippen LogP contribution >= 0.6 is 0 Å². The Balaban J connectivity index is 3.54. The highest BCUT2D eigenvalue weighted by Gasteiger charge is 2.14. The van der Waals surface area contributed by atoms with E-state index in [1.807, 2.05) is 0 Å². The van der Waals surface area contributed by atoms with E-state index >= 15 is 0 Å². The molecule has 0 rings (SSSR count). The minimum Gasteiger partial charge on any atom is -0.120 e. The summed E-state index contributed by atoms with van der Waals surface area (Å²) in [4.78, 5) is 0. The smallest absolute Gasteiger partial charge is 0.00885 e. The van der Waals surface area contributed by atoms with Crippen molar-refractivity contribution in [1.29, 1.82) is 0 Å². The van der Waals surface area contributed by atoms with E-state index in [4.69, 9.17) is 6.42 Å². The molecule has 0 fully saturated rings. The van der Waals surface area contributed by atoms with Gasteiger partial charge in [-0.25, -0.2) is 0 Å². The Labute approximate surface area is 71.4 Å². The minimum atomic E-state index is 0.452. The van der Waals surface area contributed by atoms with Gasteiger partial charge in [0.25, 0.3) is 0 Å². The van der Waals surface area contributed by atoms with E-state index in [1.165, 1.54) is 12.8 Å². The van der Waals surface area contributed by atoms with Crippen LogP contribution in [0.4, 0.5) is 0 Å². The zero-order valence-electron chi connectivity index (χ0n) is 8.28. The molecule has 0 aliphatic heterocycles. The van der Waals surface area contributed by atoms with Crippen LogP contribution in [0, 0.1) is 23.7 Å². The molecule has 0 radical (unpaired) electrons. The lowest BCUT2D eigenvalue weighted by molar-refractivity contribution is 0.298. The summed E-state index contributed by atoms with van der Waals surface area (Å²) in [5, 5.41) is 0. The van der Waals surface area contributed by atoms with E-state index in [0.717, 1.165) is 12.3 Å². The fourth-order valence-corrected chi connectivity index (χ4v) is 1.48. The van der Waals surface area contributed by atoms with Crippen molar-refractivity contribution in [3.63, 3.8) is 0 Å². The van der Waals surface area contributed by atoms with Gasteiger partial charge in [0, 0.05) is 6.42 Å². The third-order valence-corrected chi connectivity index (χ3v) is 1.74. The molecule has 0 aliphatic rings. The van der Waals surface area contributed by atoms with Gasteiger partial charge in [0.05, 0.1) is 0 Å². The van der Waals surface area contributed by atoms with Crippen molar-refractivity contribution in [2.24, 2.45) is 11.3 Å². The van der Waals surface area contributed by atoms with Gasteiger partial charge in [0.15, 0.2) is 0 Å². The van der Waals surface area contributed by atoms with Crippen LogP contribution in [0.2, 0.25) is 0 Å². The molecular weight excluding hydrogens is 132 g/mol. The van der Waals surface area contributed by atoms with E-state index in [1.54, 1.807) is 0 Å². The second-order valence-corrected chi connectivity index (χ2v) is 4.61. The number of hydrogen-bond acceptors (Lipinski definition) is 0. The summed E-state index contributed by atoms with van der Waals surface area (Å²) in [7, 11) is 0. The fraction of sp³-hybridized carbons (Fsp3) is 0.818. The highest BCUT2D eigenvalue weighted by molar-refractivity contribution is 4.84. The second kappa shape index (κ2) is 4.44. The van der Waals surface area contributed by atoms with Crippen molar-refractivity contribution >= 4 is 0 Å². The number of rotatable bonds is 3. The lowest BCUT2D eigenvalue weighted by Crippen LogP contribution is -2.10. The predicted molar refractivity (Wildman–Crippen MR) is 51.3 cm³/mol. The van der Waals surface area contributed by atoms with Gasteiger partial charge in [-0.2, -0.15) is 0 Å². The first-order valence-corrected chi connectivity index (χ1v) is 4.39. The Kier molecular flexibility index (Phi) is 4.26. The van der Waals surface area contributed by atoms with Gasteiger partial charge in [-0.05, 0) is 24.2 Å². The zero-order valence-corrected chi connectivity index (χ0v) is 8.28. The number of hydrogen-bond donors (Lipinski definition) is 0. The summed E-state index contributed by atoms with van der Waals surface area (Å²) < 4.78 is 0. The van der Waals surface area contributed by atoms with Gasteiger partial charge < -0.3 is 0 Å². The quantitative estimate of drug-likeness (QED) is 0.543. The van der Waals surface area contributed by atoms with Crippen LogP contribution in [0.1, 0.15) is 47.0 Å². The van der Waals surface area contributed by atoms with Crippen molar-refractivity contribution in [3.05, 3.63) is 0 Å². The molecule has 0 heteroatoms. The molecule has 0 heterocycles. The SMILES string of the molecule is C#CCCC(C)CC(C)(C)C. The molecule has 1 atom stereocenters. The van der Waals surface area contributed by atoms with Crippen LogP contribution < -0.4 is 0 Å². The predicted octanol–water partition coefficient (Wildman–Crippen LogP) is 3.47. The molecule has 0 saturated carbocycles. The maximum atomic E-state index is 5.19. The first-order valence-electron chi connectivity index (χ1n) is 4.39. The average molecular weight is 152 g/mol. The summed E-state index contributed by atoms with van der Waals surface area (Å²) in [5.74, 6) is 3.45. The third kappa shape index (κ3) is 7.46. The molecule has 0 amide bonds. The highest BCUT2D eigenvalue weighted by atomic mass is 14.2. The van der Waals surface area contributed by atoms with E-state index in [2.05, 4.69) is 33.6 Å². The van der Waals surface area contributed by atoms with Crippen molar-refractivity contribution in [2.45, 2.75) is 47.0 Å². The molecule has 0 aromatic carbocycles. The molecule has 0 spiro atoms. The summed E-state index contributed by atoms with van der Waals surface area (Å²) in [6, 6.07) is 0. The molecule has 0 saturated heterocycles. The highest BCUT2D eigenvalue weighted by Crippen LogP contribution is 2.26. The fourth-order valence-electron chi connectivity index (χ4n) is 1.48. The maximum Gasteiger partial charge on any atom is 0.00885 e. The Bertz CT molecular complexity index is 131. The monoisotopic (exact) mass is 152 g/mol. The summed E-state index contributed by atoms with van der Waals surface area (Å²) in [5.41, 5.74) is 0.452. The first-order chi connectivity index (χ1) is 4.95. The molecule has 1 unspecified atom stereocenters. The minimum absolute atomic E-state index is 0.452. The molecule has 11 heavy (non-hydrogen) atoms. The van der Waals surface area contributed by atoms with Gasteiger partial charge in [-0.3, -0.25) is 0 Å². The Morgan fingerprint density at radius 1 is 1.36 bits per heavy atom. The lowest BCUT2D eigenvalue weighted by atomic mass is 9.84. The first kappa shape index (κ1) is 10.6. The molecule has 0 aromatic rings. The van der Waals surface area contributed by atoms with Gasteiger partial charge >= 0.3 is 0 Å². The Hall–Kier alpha value is -0.440. The van der Waals surface area contributed by atoms with Crippen LogP contribution in [-0.4, -0.2) is 0 Å². The largest absolute Gasteiger partial charge is 0.120 e. The van der Waals surface area contributed by atoms with E-state index in [0.29, 0.717) is 5.41 Å².